The summed E-state index contributed by atoms with van der Waals surface area (Å²) in [6, 6.07) is 15.0. The highest BCUT2D eigenvalue weighted by Crippen LogP contribution is 2.20. The van der Waals surface area contributed by atoms with Crippen LogP contribution >= 0.6 is 0 Å². The Bertz CT molecular complexity index is 855. The first-order chi connectivity index (χ1) is 13.7. The molecule has 0 saturated heterocycles. The highest BCUT2D eigenvalue weighted by atomic mass is 16.6. The summed E-state index contributed by atoms with van der Waals surface area (Å²) in [4.78, 5) is 25.1. The number of benzene rings is 2. The SMILES string of the molecule is COc1ccccc1C(=O)[C@H](O)[C@H](/C=C/c1ccccc1)NC(=O)OC(C)(C)C. The van der Waals surface area contributed by atoms with Gasteiger partial charge in [0.2, 0.25) is 0 Å². The molecule has 6 nitrogen and oxygen atoms in total. The monoisotopic (exact) mass is 397 g/mol. The van der Waals surface area contributed by atoms with E-state index in [0.717, 1.165) is 5.56 Å². The van der Waals surface area contributed by atoms with E-state index < -0.39 is 29.6 Å². The van der Waals surface area contributed by atoms with Crippen molar-refractivity contribution in [2.45, 2.75) is 38.5 Å². The zero-order chi connectivity index (χ0) is 21.4. The highest BCUT2D eigenvalue weighted by Gasteiger charge is 2.30. The Hall–Kier alpha value is -3.12. The van der Waals surface area contributed by atoms with Gasteiger partial charge in [-0.3, -0.25) is 4.79 Å². The largest absolute Gasteiger partial charge is 0.496 e. The molecule has 0 fully saturated rings. The second kappa shape index (κ2) is 9.89. The van der Waals surface area contributed by atoms with E-state index in [-0.39, 0.29) is 5.56 Å². The van der Waals surface area contributed by atoms with Gasteiger partial charge in [-0.25, -0.2) is 4.79 Å². The lowest BCUT2D eigenvalue weighted by molar-refractivity contribution is 0.0444. The summed E-state index contributed by atoms with van der Waals surface area (Å²) in [5.41, 5.74) is 0.377. The van der Waals surface area contributed by atoms with E-state index in [4.69, 9.17) is 9.47 Å². The Morgan fingerprint density at radius 2 is 1.66 bits per heavy atom. The lowest BCUT2D eigenvalue weighted by atomic mass is 9.98. The van der Waals surface area contributed by atoms with E-state index >= 15 is 0 Å². The molecule has 0 heterocycles. The van der Waals surface area contributed by atoms with Crippen molar-refractivity contribution >= 4 is 18.0 Å². The number of hydrogen-bond donors (Lipinski definition) is 2. The number of hydrogen-bond acceptors (Lipinski definition) is 5. The van der Waals surface area contributed by atoms with Gasteiger partial charge in [-0.05, 0) is 38.5 Å². The van der Waals surface area contributed by atoms with E-state index in [1.807, 2.05) is 30.3 Å². The van der Waals surface area contributed by atoms with Crippen molar-refractivity contribution in [2.24, 2.45) is 0 Å². The second-order valence-electron chi connectivity index (χ2n) is 7.45. The van der Waals surface area contributed by atoms with Crippen molar-refractivity contribution in [2.75, 3.05) is 7.11 Å². The van der Waals surface area contributed by atoms with Crippen LogP contribution in [0.25, 0.3) is 6.08 Å². The number of aliphatic hydroxyl groups excluding tert-OH is 1. The number of ketones is 1. The quantitative estimate of drug-likeness (QED) is 0.694. The van der Waals surface area contributed by atoms with E-state index in [1.165, 1.54) is 7.11 Å². The van der Waals surface area contributed by atoms with E-state index in [1.54, 1.807) is 57.2 Å². The molecule has 0 spiro atoms. The summed E-state index contributed by atoms with van der Waals surface area (Å²) in [5, 5.41) is 13.3. The zero-order valence-corrected chi connectivity index (χ0v) is 17.1. The molecule has 1 amide bonds. The zero-order valence-electron chi connectivity index (χ0n) is 17.1. The molecule has 2 atom stereocenters. The number of carbonyl (C=O) groups is 2. The van der Waals surface area contributed by atoms with Crippen LogP contribution in [0, 0.1) is 0 Å². The Balaban J connectivity index is 2.28. The molecule has 0 aliphatic heterocycles. The maximum absolute atomic E-state index is 12.9. The number of aliphatic hydroxyl groups is 1. The number of rotatable bonds is 7. The Morgan fingerprint density at radius 1 is 1.03 bits per heavy atom. The summed E-state index contributed by atoms with van der Waals surface area (Å²) in [7, 11) is 1.45. The number of methoxy groups -OCH3 is 1. The molecular weight excluding hydrogens is 370 g/mol. The van der Waals surface area contributed by atoms with Crippen LogP contribution < -0.4 is 10.1 Å². The fraction of sp³-hybridized carbons (Fsp3) is 0.304. The van der Waals surface area contributed by atoms with Crippen molar-refractivity contribution in [1.82, 2.24) is 5.32 Å². The smallest absolute Gasteiger partial charge is 0.408 e. The summed E-state index contributed by atoms with van der Waals surface area (Å²) in [5.74, 6) is -0.221. The van der Waals surface area contributed by atoms with Crippen LogP contribution in [0.5, 0.6) is 5.75 Å². The standard InChI is InChI=1S/C23H27NO5/c1-23(2,3)29-22(27)24-18(15-14-16-10-6-5-7-11-16)21(26)20(25)17-12-8-9-13-19(17)28-4/h5-15,18,21,26H,1-4H3,(H,24,27)/b15-14+/t18-,21+/m0/s1. The predicted octanol–water partition coefficient (Wildman–Crippen LogP) is 3.85. The van der Waals surface area contributed by atoms with Crippen LogP contribution in [0.15, 0.2) is 60.7 Å². The average molecular weight is 397 g/mol. The summed E-state index contributed by atoms with van der Waals surface area (Å²) in [6.07, 6.45) is 1.03. The third kappa shape index (κ3) is 6.76. The van der Waals surface area contributed by atoms with Gasteiger partial charge in [0.25, 0.3) is 0 Å². The molecule has 0 bridgehead atoms. The lowest BCUT2D eigenvalue weighted by Gasteiger charge is -2.24. The number of ether oxygens (including phenoxy) is 2. The van der Waals surface area contributed by atoms with Gasteiger partial charge in [-0.2, -0.15) is 0 Å². The molecule has 29 heavy (non-hydrogen) atoms. The van der Waals surface area contributed by atoms with Crippen molar-refractivity contribution in [3.05, 3.63) is 71.8 Å². The maximum atomic E-state index is 12.9. The molecule has 2 rings (SSSR count). The number of carbonyl (C=O) groups excluding carboxylic acids is 2. The van der Waals surface area contributed by atoms with Crippen molar-refractivity contribution < 1.29 is 24.2 Å². The van der Waals surface area contributed by atoms with Gasteiger partial charge in [0.05, 0.1) is 18.7 Å². The predicted molar refractivity (Wildman–Crippen MR) is 112 cm³/mol. The van der Waals surface area contributed by atoms with E-state index in [2.05, 4.69) is 5.32 Å². The third-order valence-corrected chi connectivity index (χ3v) is 3.96. The van der Waals surface area contributed by atoms with Crippen molar-refractivity contribution in [3.63, 3.8) is 0 Å². The minimum absolute atomic E-state index is 0.228. The second-order valence-corrected chi connectivity index (χ2v) is 7.45. The Kier molecular flexibility index (Phi) is 7.56. The molecular formula is C23H27NO5. The minimum atomic E-state index is -1.53. The van der Waals surface area contributed by atoms with Crippen LogP contribution in [0.3, 0.4) is 0 Å². The van der Waals surface area contributed by atoms with E-state index in [9.17, 15) is 14.7 Å². The molecule has 0 saturated carbocycles. The number of para-hydroxylation sites is 1. The van der Waals surface area contributed by atoms with Gasteiger partial charge in [-0.1, -0.05) is 54.6 Å². The number of amides is 1. The number of nitrogens with one attached hydrogen (secondary N) is 1. The normalized spacial score (nSPS) is 13.6. The molecule has 0 unspecified atom stereocenters. The first kappa shape index (κ1) is 22.2. The summed E-state index contributed by atoms with van der Waals surface area (Å²) in [6.45, 7) is 5.20. The molecule has 0 radical (unpaired) electrons. The van der Waals surface area contributed by atoms with Crippen LogP contribution in [0.2, 0.25) is 0 Å². The Morgan fingerprint density at radius 3 is 2.28 bits per heavy atom. The molecule has 154 valence electrons. The van der Waals surface area contributed by atoms with Crippen molar-refractivity contribution in [1.29, 1.82) is 0 Å². The molecule has 0 aliphatic rings. The number of Topliss-reactive ketones (excluding diaryl/α,β-unsaturated/α-hetero) is 1. The molecule has 0 aliphatic carbocycles. The first-order valence-corrected chi connectivity index (χ1v) is 9.29. The molecule has 2 aromatic carbocycles. The fourth-order valence-corrected chi connectivity index (χ4v) is 2.63. The van der Waals surface area contributed by atoms with Crippen LogP contribution in [0.1, 0.15) is 36.7 Å². The first-order valence-electron chi connectivity index (χ1n) is 9.29. The molecule has 6 heteroatoms. The van der Waals surface area contributed by atoms with Gasteiger partial charge >= 0.3 is 6.09 Å². The maximum Gasteiger partial charge on any atom is 0.408 e. The molecule has 2 aromatic rings. The van der Waals surface area contributed by atoms with Gasteiger partial charge in [-0.15, -0.1) is 0 Å². The highest BCUT2D eigenvalue weighted by molar-refractivity contribution is 6.02. The molecule has 0 aromatic heterocycles. The van der Waals surface area contributed by atoms with Gasteiger partial charge in [0, 0.05) is 0 Å². The van der Waals surface area contributed by atoms with Gasteiger partial charge in [0.15, 0.2) is 5.78 Å². The third-order valence-electron chi connectivity index (χ3n) is 3.96. The fourth-order valence-electron chi connectivity index (χ4n) is 2.63. The lowest BCUT2D eigenvalue weighted by Crippen LogP contribution is -2.47. The number of alkyl carbamates (subject to hydrolysis) is 1. The molecule has 2 N–H and O–H groups in total. The van der Waals surface area contributed by atoms with Crippen LogP contribution in [-0.4, -0.2) is 41.8 Å². The Labute approximate surface area is 171 Å². The average Bonchev–Trinajstić information content (AvgIpc) is 2.69. The van der Waals surface area contributed by atoms with Gasteiger partial charge < -0.3 is 19.9 Å². The van der Waals surface area contributed by atoms with Crippen LogP contribution in [-0.2, 0) is 4.74 Å². The van der Waals surface area contributed by atoms with Gasteiger partial charge in [0.1, 0.15) is 17.5 Å². The minimum Gasteiger partial charge on any atom is -0.496 e. The van der Waals surface area contributed by atoms with Crippen LogP contribution in [0.4, 0.5) is 4.79 Å². The van der Waals surface area contributed by atoms with Crippen molar-refractivity contribution in [3.8, 4) is 5.75 Å². The topological polar surface area (TPSA) is 84.9 Å². The summed E-state index contributed by atoms with van der Waals surface area (Å²) >= 11 is 0. The van der Waals surface area contributed by atoms with E-state index in [0.29, 0.717) is 5.75 Å². The summed E-state index contributed by atoms with van der Waals surface area (Å²) < 4.78 is 10.5.